The van der Waals surface area contributed by atoms with Crippen LogP contribution in [0.5, 0.6) is 5.75 Å². The summed E-state index contributed by atoms with van der Waals surface area (Å²) in [6.07, 6.45) is 2.30. The Bertz CT molecular complexity index is 1350. The maximum absolute atomic E-state index is 13.4. The summed E-state index contributed by atoms with van der Waals surface area (Å²) in [6, 6.07) is 20.3. The van der Waals surface area contributed by atoms with Gasteiger partial charge in [0.25, 0.3) is 5.91 Å². The molecule has 172 valence electrons. The molecule has 1 aliphatic heterocycles. The summed E-state index contributed by atoms with van der Waals surface area (Å²) in [4.78, 5) is 13.4. The molecule has 0 aliphatic carbocycles. The van der Waals surface area contributed by atoms with Crippen LogP contribution >= 0.6 is 23.2 Å². The van der Waals surface area contributed by atoms with E-state index in [0.717, 1.165) is 28.9 Å². The molecule has 0 fully saturated rings. The first-order valence-electron chi connectivity index (χ1n) is 10.9. The minimum absolute atomic E-state index is 0.291. The predicted molar refractivity (Wildman–Crippen MR) is 134 cm³/mol. The lowest BCUT2D eigenvalue weighted by molar-refractivity contribution is 0.0944. The number of rotatable bonds is 6. The number of hydrogen-bond donors (Lipinski definition) is 2. The number of amides is 1. The Kier molecular flexibility index (Phi) is 6.18. The fraction of sp³-hybridized carbons (Fsp3) is 0.154. The average Bonchev–Trinajstić information content (AvgIpc) is 3.46. The molecule has 1 aliphatic rings. The van der Waals surface area contributed by atoms with Crippen LogP contribution in [-0.2, 0) is 13.0 Å². The molecule has 0 saturated heterocycles. The third-order valence-electron chi connectivity index (χ3n) is 5.89. The zero-order valence-corrected chi connectivity index (χ0v) is 19.7. The third kappa shape index (κ3) is 4.47. The van der Waals surface area contributed by atoms with Crippen molar-refractivity contribution >= 4 is 34.9 Å². The largest absolute Gasteiger partial charge is 0.493 e. The lowest BCUT2D eigenvalue weighted by Crippen LogP contribution is -2.30. The molecule has 0 spiro atoms. The fourth-order valence-electron chi connectivity index (χ4n) is 4.12. The highest BCUT2D eigenvalue weighted by molar-refractivity contribution is 6.33. The van der Waals surface area contributed by atoms with Crippen LogP contribution in [0.1, 0.15) is 38.7 Å². The van der Waals surface area contributed by atoms with Crippen molar-refractivity contribution in [2.75, 3.05) is 12.3 Å². The second-order valence-electron chi connectivity index (χ2n) is 8.12. The topological polar surface area (TPSA) is 82.2 Å². The van der Waals surface area contributed by atoms with Crippen LogP contribution in [0.15, 0.2) is 72.9 Å². The summed E-state index contributed by atoms with van der Waals surface area (Å²) in [5, 5.41) is 8.44. The molecule has 6 nitrogen and oxygen atoms in total. The molecular formula is C26H22Cl2N4O2. The number of fused-ring (bicyclic) bond motifs is 1. The zero-order valence-electron chi connectivity index (χ0n) is 18.2. The van der Waals surface area contributed by atoms with E-state index in [1.807, 2.05) is 48.5 Å². The minimum atomic E-state index is -0.540. The number of nitrogen functional groups attached to an aromatic ring is 1. The van der Waals surface area contributed by atoms with Crippen molar-refractivity contribution in [1.82, 2.24) is 15.1 Å². The predicted octanol–water partition coefficient (Wildman–Crippen LogP) is 5.27. The second-order valence-corrected chi connectivity index (χ2v) is 8.97. The van der Waals surface area contributed by atoms with Crippen LogP contribution in [-0.4, -0.2) is 22.3 Å². The Morgan fingerprint density at radius 2 is 1.94 bits per heavy atom. The molecule has 1 atom stereocenters. The number of carbonyl (C=O) groups is 1. The lowest BCUT2D eigenvalue weighted by atomic mass is 9.96. The summed E-state index contributed by atoms with van der Waals surface area (Å²) < 4.78 is 7.25. The van der Waals surface area contributed by atoms with Crippen LogP contribution in [0.3, 0.4) is 0 Å². The van der Waals surface area contributed by atoms with Crippen molar-refractivity contribution in [2.45, 2.75) is 19.0 Å². The van der Waals surface area contributed by atoms with Crippen molar-refractivity contribution < 1.29 is 9.53 Å². The summed E-state index contributed by atoms with van der Waals surface area (Å²) >= 11 is 12.8. The van der Waals surface area contributed by atoms with Crippen LogP contribution in [0, 0.1) is 0 Å². The number of ether oxygens (including phenoxy) is 1. The van der Waals surface area contributed by atoms with Gasteiger partial charge in [-0.15, -0.1) is 0 Å². The summed E-state index contributed by atoms with van der Waals surface area (Å²) in [7, 11) is 0. The van der Waals surface area contributed by atoms with Gasteiger partial charge in [-0.2, -0.15) is 5.10 Å². The smallest absolute Gasteiger partial charge is 0.257 e. The van der Waals surface area contributed by atoms with E-state index in [1.165, 1.54) is 6.20 Å². The number of hydrogen-bond acceptors (Lipinski definition) is 4. The quantitative estimate of drug-likeness (QED) is 0.383. The van der Waals surface area contributed by atoms with E-state index in [0.29, 0.717) is 40.1 Å². The molecule has 3 aromatic carbocycles. The van der Waals surface area contributed by atoms with E-state index in [9.17, 15) is 4.79 Å². The zero-order chi connectivity index (χ0) is 23.7. The number of nitrogens with zero attached hydrogens (tertiary/aromatic N) is 2. The van der Waals surface area contributed by atoms with Gasteiger partial charge in [0.15, 0.2) is 0 Å². The normalized spacial score (nSPS) is 13.2. The van der Waals surface area contributed by atoms with Crippen molar-refractivity contribution in [3.05, 3.63) is 111 Å². The highest BCUT2D eigenvalue weighted by Gasteiger charge is 2.25. The summed E-state index contributed by atoms with van der Waals surface area (Å²) in [5.41, 5.74) is 10.3. The van der Waals surface area contributed by atoms with Crippen molar-refractivity contribution in [1.29, 1.82) is 0 Å². The van der Waals surface area contributed by atoms with Gasteiger partial charge in [-0.1, -0.05) is 59.6 Å². The maximum Gasteiger partial charge on any atom is 0.257 e. The monoisotopic (exact) mass is 492 g/mol. The van der Waals surface area contributed by atoms with Crippen LogP contribution in [0.2, 0.25) is 10.0 Å². The summed E-state index contributed by atoms with van der Waals surface area (Å²) in [5.74, 6) is 0.798. The molecule has 8 heteroatoms. The molecule has 4 aromatic rings. The lowest BCUT2D eigenvalue weighted by Gasteiger charge is -2.22. The Labute approximate surface area is 207 Å². The number of halogens is 2. The van der Waals surface area contributed by atoms with Gasteiger partial charge in [-0.3, -0.25) is 4.79 Å². The van der Waals surface area contributed by atoms with E-state index < -0.39 is 6.04 Å². The molecule has 0 radical (unpaired) electrons. The molecular weight excluding hydrogens is 471 g/mol. The van der Waals surface area contributed by atoms with Gasteiger partial charge >= 0.3 is 0 Å². The number of benzene rings is 3. The number of nitrogens with two attached hydrogens (primary N) is 1. The van der Waals surface area contributed by atoms with Crippen LogP contribution < -0.4 is 15.8 Å². The van der Waals surface area contributed by atoms with E-state index >= 15 is 0 Å². The molecule has 3 N–H and O–H groups in total. The molecule has 34 heavy (non-hydrogen) atoms. The minimum Gasteiger partial charge on any atom is -0.493 e. The molecule has 1 aromatic heterocycles. The highest BCUT2D eigenvalue weighted by Crippen LogP contribution is 2.35. The van der Waals surface area contributed by atoms with E-state index in [4.69, 9.17) is 33.7 Å². The Hall–Kier alpha value is -3.48. The van der Waals surface area contributed by atoms with Crippen molar-refractivity contribution in [2.24, 2.45) is 0 Å². The van der Waals surface area contributed by atoms with Gasteiger partial charge in [-0.25, -0.2) is 4.68 Å². The molecule has 5 rings (SSSR count). The van der Waals surface area contributed by atoms with Gasteiger partial charge in [0.1, 0.15) is 17.1 Å². The van der Waals surface area contributed by atoms with Gasteiger partial charge < -0.3 is 15.8 Å². The second kappa shape index (κ2) is 9.41. The Morgan fingerprint density at radius 3 is 2.76 bits per heavy atom. The molecule has 1 unspecified atom stereocenters. The van der Waals surface area contributed by atoms with Crippen LogP contribution in [0.25, 0.3) is 0 Å². The average molecular weight is 493 g/mol. The fourth-order valence-corrected chi connectivity index (χ4v) is 4.53. The number of aromatic nitrogens is 2. The van der Waals surface area contributed by atoms with Gasteiger partial charge in [0.05, 0.1) is 25.4 Å². The number of carbonyl (C=O) groups excluding carboxylic acids is 1. The van der Waals surface area contributed by atoms with E-state index in [2.05, 4.69) is 10.4 Å². The Balaban J connectivity index is 1.47. The standard InChI is InChI=1S/C26H22Cl2N4O2/c27-19-7-8-22(28)20(13-19)24(18-6-9-23-17(12-18)10-11-34-23)31-26(33)21-14-30-32(25(21)29)15-16-4-2-1-3-5-16/h1-9,12-14,24H,10-11,15,29H2,(H,31,33). The number of anilines is 1. The van der Waals surface area contributed by atoms with Crippen molar-refractivity contribution in [3.8, 4) is 5.75 Å². The molecule has 2 heterocycles. The molecule has 0 saturated carbocycles. The first-order chi connectivity index (χ1) is 16.5. The van der Waals surface area contributed by atoms with Crippen LogP contribution in [0.4, 0.5) is 5.82 Å². The van der Waals surface area contributed by atoms with E-state index in [1.54, 1.807) is 22.9 Å². The van der Waals surface area contributed by atoms with Crippen molar-refractivity contribution in [3.63, 3.8) is 0 Å². The summed E-state index contributed by atoms with van der Waals surface area (Å²) in [6.45, 7) is 1.11. The van der Waals surface area contributed by atoms with Gasteiger partial charge in [0.2, 0.25) is 0 Å². The van der Waals surface area contributed by atoms with Gasteiger partial charge in [-0.05, 0) is 52.6 Å². The van der Waals surface area contributed by atoms with E-state index in [-0.39, 0.29) is 5.91 Å². The SMILES string of the molecule is Nc1c(C(=O)NC(c2ccc3c(c2)CCO3)c2cc(Cl)ccc2Cl)cnn1Cc1ccccc1. The number of nitrogens with one attached hydrogen (secondary N) is 1. The maximum atomic E-state index is 13.4. The molecule has 0 bridgehead atoms. The Morgan fingerprint density at radius 1 is 1.12 bits per heavy atom. The third-order valence-corrected chi connectivity index (χ3v) is 6.47. The molecule has 1 amide bonds. The first kappa shape index (κ1) is 22.3. The highest BCUT2D eigenvalue weighted by atomic mass is 35.5. The van der Waals surface area contributed by atoms with Gasteiger partial charge in [0, 0.05) is 16.5 Å². The first-order valence-corrected chi connectivity index (χ1v) is 11.6.